The second-order valence-electron chi connectivity index (χ2n) is 4.17. The molecule has 17 heavy (non-hydrogen) atoms. The van der Waals surface area contributed by atoms with E-state index in [9.17, 15) is 4.79 Å². The second kappa shape index (κ2) is 4.95. The highest BCUT2D eigenvalue weighted by atomic mass is 16.1. The van der Waals surface area contributed by atoms with Gasteiger partial charge in [0.2, 0.25) is 0 Å². The van der Waals surface area contributed by atoms with Gasteiger partial charge in [-0.3, -0.25) is 9.48 Å². The van der Waals surface area contributed by atoms with Gasteiger partial charge in [-0.25, -0.2) is 0 Å². The Bertz CT molecular complexity index is 529. The zero-order valence-corrected chi connectivity index (χ0v) is 10.2. The van der Waals surface area contributed by atoms with Crippen molar-refractivity contribution < 1.29 is 4.79 Å². The van der Waals surface area contributed by atoms with Crippen molar-refractivity contribution in [3.8, 4) is 0 Å². The van der Waals surface area contributed by atoms with Gasteiger partial charge in [0.25, 0.3) is 0 Å². The molecule has 0 fully saturated rings. The fraction of sp³-hybridized carbons (Fsp3) is 0.286. The molecule has 0 saturated carbocycles. The molecule has 0 aliphatic heterocycles. The van der Waals surface area contributed by atoms with Gasteiger partial charge in [-0.1, -0.05) is 23.8 Å². The molecule has 0 N–H and O–H groups in total. The molecular formula is C14H16N2O. The number of benzene rings is 1. The van der Waals surface area contributed by atoms with Gasteiger partial charge in [-0.2, -0.15) is 5.10 Å². The van der Waals surface area contributed by atoms with E-state index >= 15 is 0 Å². The molecule has 2 aromatic rings. The van der Waals surface area contributed by atoms with Crippen LogP contribution >= 0.6 is 0 Å². The Morgan fingerprint density at radius 1 is 1.41 bits per heavy atom. The molecule has 1 heterocycles. The molecule has 88 valence electrons. The predicted octanol–water partition coefficient (Wildman–Crippen LogP) is 2.64. The topological polar surface area (TPSA) is 34.9 Å². The van der Waals surface area contributed by atoms with Crippen molar-refractivity contribution in [1.29, 1.82) is 0 Å². The van der Waals surface area contributed by atoms with Crippen LogP contribution in [0.1, 0.15) is 28.4 Å². The molecule has 0 bridgehead atoms. The summed E-state index contributed by atoms with van der Waals surface area (Å²) in [6.07, 6.45) is 4.11. The summed E-state index contributed by atoms with van der Waals surface area (Å²) in [6, 6.07) is 7.69. The monoisotopic (exact) mass is 228 g/mol. The van der Waals surface area contributed by atoms with E-state index in [4.69, 9.17) is 0 Å². The van der Waals surface area contributed by atoms with Crippen molar-refractivity contribution in [3.05, 3.63) is 53.3 Å². The number of hydrogen-bond acceptors (Lipinski definition) is 2. The van der Waals surface area contributed by atoms with E-state index in [0.29, 0.717) is 6.42 Å². The predicted molar refractivity (Wildman–Crippen MR) is 67.1 cm³/mol. The minimum atomic E-state index is 0.143. The van der Waals surface area contributed by atoms with Gasteiger partial charge in [0.1, 0.15) is 0 Å². The Morgan fingerprint density at radius 2 is 2.24 bits per heavy atom. The Morgan fingerprint density at radius 3 is 2.88 bits per heavy atom. The number of ketones is 1. The van der Waals surface area contributed by atoms with Gasteiger partial charge in [0.15, 0.2) is 5.78 Å². The van der Waals surface area contributed by atoms with Crippen molar-refractivity contribution in [3.63, 3.8) is 0 Å². The summed E-state index contributed by atoms with van der Waals surface area (Å²) in [5.74, 6) is 0.143. The molecule has 0 aliphatic rings. The van der Waals surface area contributed by atoms with E-state index in [1.54, 1.807) is 6.20 Å². The fourth-order valence-corrected chi connectivity index (χ4v) is 1.78. The molecule has 0 amide bonds. The van der Waals surface area contributed by atoms with Gasteiger partial charge >= 0.3 is 0 Å². The molecule has 0 atom stereocenters. The first-order valence-corrected chi connectivity index (χ1v) is 5.80. The highest BCUT2D eigenvalue weighted by Gasteiger charge is 2.08. The largest absolute Gasteiger partial charge is 0.294 e. The smallest absolute Gasteiger partial charge is 0.167 e. The molecule has 0 unspecified atom stereocenters. The Hall–Kier alpha value is -1.90. The van der Waals surface area contributed by atoms with E-state index in [2.05, 4.69) is 5.10 Å². The molecule has 0 spiro atoms. The lowest BCUT2D eigenvalue weighted by Gasteiger charge is -2.00. The van der Waals surface area contributed by atoms with Crippen LogP contribution in [-0.2, 0) is 13.0 Å². The van der Waals surface area contributed by atoms with Crippen molar-refractivity contribution in [2.45, 2.75) is 26.8 Å². The molecule has 0 aliphatic carbocycles. The van der Waals surface area contributed by atoms with Crippen LogP contribution in [0.25, 0.3) is 0 Å². The Labute approximate surface area is 101 Å². The molecule has 2 rings (SSSR count). The highest BCUT2D eigenvalue weighted by molar-refractivity contribution is 5.97. The molecule has 3 nitrogen and oxygen atoms in total. The van der Waals surface area contributed by atoms with Crippen molar-refractivity contribution in [1.82, 2.24) is 9.78 Å². The maximum Gasteiger partial charge on any atom is 0.167 e. The third kappa shape index (κ3) is 2.81. The van der Waals surface area contributed by atoms with Gasteiger partial charge in [0.05, 0.1) is 6.20 Å². The van der Waals surface area contributed by atoms with Crippen molar-refractivity contribution >= 4 is 5.78 Å². The summed E-state index contributed by atoms with van der Waals surface area (Å²) < 4.78 is 1.83. The summed E-state index contributed by atoms with van der Waals surface area (Å²) >= 11 is 0. The summed E-state index contributed by atoms with van der Waals surface area (Å²) in [5, 5.41) is 4.16. The molecular weight excluding hydrogens is 212 g/mol. The van der Waals surface area contributed by atoms with Gasteiger partial charge in [0, 0.05) is 24.7 Å². The SMILES string of the molecule is CCn1cc(CC(=O)c2cccc(C)c2)cn1. The minimum absolute atomic E-state index is 0.143. The number of carbonyl (C=O) groups excluding carboxylic acids is 1. The van der Waals surface area contributed by atoms with E-state index in [0.717, 1.165) is 23.2 Å². The molecule has 0 saturated heterocycles. The molecule has 1 aromatic carbocycles. The average Bonchev–Trinajstić information content (AvgIpc) is 2.77. The third-order valence-corrected chi connectivity index (χ3v) is 2.72. The number of rotatable bonds is 4. The first-order chi connectivity index (χ1) is 8.19. The van der Waals surface area contributed by atoms with Crippen molar-refractivity contribution in [2.24, 2.45) is 0 Å². The molecule has 1 aromatic heterocycles. The van der Waals surface area contributed by atoms with Crippen LogP contribution in [0, 0.1) is 6.92 Å². The first kappa shape index (κ1) is 11.6. The van der Waals surface area contributed by atoms with Crippen LogP contribution in [-0.4, -0.2) is 15.6 Å². The lowest BCUT2D eigenvalue weighted by Crippen LogP contribution is -2.03. The highest BCUT2D eigenvalue weighted by Crippen LogP contribution is 2.09. The fourth-order valence-electron chi connectivity index (χ4n) is 1.78. The lowest BCUT2D eigenvalue weighted by atomic mass is 10.0. The van der Waals surface area contributed by atoms with E-state index in [1.165, 1.54) is 0 Å². The number of aryl methyl sites for hydroxylation is 2. The maximum atomic E-state index is 12.0. The van der Waals surface area contributed by atoms with E-state index in [-0.39, 0.29) is 5.78 Å². The minimum Gasteiger partial charge on any atom is -0.294 e. The van der Waals surface area contributed by atoms with Crippen LogP contribution < -0.4 is 0 Å². The summed E-state index contributed by atoms with van der Waals surface area (Å²) in [7, 11) is 0. The Kier molecular flexibility index (Phi) is 3.38. The Balaban J connectivity index is 2.11. The number of hydrogen-bond donors (Lipinski definition) is 0. The summed E-state index contributed by atoms with van der Waals surface area (Å²) in [5.41, 5.74) is 2.85. The molecule has 3 heteroatoms. The lowest BCUT2D eigenvalue weighted by molar-refractivity contribution is 0.0993. The number of nitrogens with zero attached hydrogens (tertiary/aromatic N) is 2. The normalized spacial score (nSPS) is 10.5. The zero-order valence-electron chi connectivity index (χ0n) is 10.2. The van der Waals surface area contributed by atoms with Crippen LogP contribution in [0.5, 0.6) is 0 Å². The maximum absolute atomic E-state index is 12.0. The summed E-state index contributed by atoms with van der Waals surface area (Å²) in [6.45, 7) is 4.85. The number of Topliss-reactive ketones (excluding diaryl/α,β-unsaturated/α-hetero) is 1. The zero-order chi connectivity index (χ0) is 12.3. The number of aromatic nitrogens is 2. The van der Waals surface area contributed by atoms with Crippen molar-refractivity contribution in [2.75, 3.05) is 0 Å². The van der Waals surface area contributed by atoms with Crippen LogP contribution in [0.4, 0.5) is 0 Å². The quantitative estimate of drug-likeness (QED) is 0.754. The van der Waals surface area contributed by atoms with Crippen LogP contribution in [0.2, 0.25) is 0 Å². The second-order valence-corrected chi connectivity index (χ2v) is 4.17. The number of carbonyl (C=O) groups is 1. The van der Waals surface area contributed by atoms with E-state index in [1.807, 2.05) is 49.0 Å². The standard InChI is InChI=1S/C14H16N2O/c1-3-16-10-12(9-15-16)8-14(17)13-6-4-5-11(2)7-13/h4-7,9-10H,3,8H2,1-2H3. The van der Waals surface area contributed by atoms with Crippen LogP contribution in [0.15, 0.2) is 36.7 Å². The van der Waals surface area contributed by atoms with Gasteiger partial charge in [-0.15, -0.1) is 0 Å². The third-order valence-electron chi connectivity index (χ3n) is 2.72. The van der Waals surface area contributed by atoms with Gasteiger partial charge in [-0.05, 0) is 25.5 Å². The average molecular weight is 228 g/mol. The van der Waals surface area contributed by atoms with Gasteiger partial charge < -0.3 is 0 Å². The van der Waals surface area contributed by atoms with E-state index < -0.39 is 0 Å². The van der Waals surface area contributed by atoms with Crippen LogP contribution in [0.3, 0.4) is 0 Å². The molecule has 0 radical (unpaired) electrons. The summed E-state index contributed by atoms with van der Waals surface area (Å²) in [4.78, 5) is 12.0. The first-order valence-electron chi connectivity index (χ1n) is 5.80.